The van der Waals surface area contributed by atoms with Gasteiger partial charge in [-0.05, 0) is 49.1 Å². The molecule has 4 rings (SSSR count). The molecule has 0 radical (unpaired) electrons. The number of ketones is 1. The van der Waals surface area contributed by atoms with Crippen molar-refractivity contribution in [2.24, 2.45) is 11.3 Å². The van der Waals surface area contributed by atoms with Crippen LogP contribution in [0.4, 0.5) is 0 Å². The number of hydrogen-bond donors (Lipinski definition) is 0. The monoisotopic (exact) mass is 987 g/mol. The summed E-state index contributed by atoms with van der Waals surface area (Å²) in [5.74, 6) is -2.16. The summed E-state index contributed by atoms with van der Waals surface area (Å²) in [6, 6.07) is 6.46. The smallest absolute Gasteiger partial charge is 0.693 e. The van der Waals surface area contributed by atoms with Crippen molar-refractivity contribution in [1.29, 1.82) is 0 Å². The molecule has 0 saturated carbocycles. The van der Waals surface area contributed by atoms with Crippen molar-refractivity contribution in [1.82, 2.24) is 0 Å². The predicted octanol–water partition coefficient (Wildman–Crippen LogP) is 6.61. The zero-order valence-electron chi connectivity index (χ0n) is 17.7. The van der Waals surface area contributed by atoms with Crippen LogP contribution in [0.25, 0.3) is 17.9 Å². The number of carbonyl (C=O) groups is 2. The van der Waals surface area contributed by atoms with Gasteiger partial charge >= 0.3 is 35.3 Å². The topological polar surface area (TPSA) is 209 Å². The molecule has 0 amide bonds. The van der Waals surface area contributed by atoms with Gasteiger partial charge in [0.1, 0.15) is 16.3 Å². The van der Waals surface area contributed by atoms with Crippen LogP contribution < -0.4 is 10.2 Å². The molecule has 4 N–H and O–H groups in total. The molecule has 0 bridgehead atoms. The van der Waals surface area contributed by atoms with Crippen LogP contribution in [0.3, 0.4) is 0 Å². The summed E-state index contributed by atoms with van der Waals surface area (Å²) in [6.45, 7) is 0. The molecule has 37 heavy (non-hydrogen) atoms. The molecule has 2 unspecified atom stereocenters. The number of nitrogens with two attached hydrogens (primary N) is 2. The van der Waals surface area contributed by atoms with Crippen LogP contribution in [-0.4, -0.2) is 17.9 Å². The fourth-order valence-electron chi connectivity index (χ4n) is 3.51. The van der Waals surface area contributed by atoms with Gasteiger partial charge in [-0.1, -0.05) is 68.0 Å². The predicted molar refractivity (Wildman–Crippen MR) is 148 cm³/mol. The van der Waals surface area contributed by atoms with Gasteiger partial charge in [-0.15, -0.1) is 5.34 Å². The molecule has 0 saturated heterocycles. The molecule has 204 valence electrons. The van der Waals surface area contributed by atoms with Crippen LogP contribution in [-0.2, 0) is 26.0 Å². The van der Waals surface area contributed by atoms with Crippen LogP contribution in [0, 0.1) is 16.0 Å². The molecular formula is C20H12Br4Cl2N3O7Pt-3. The van der Waals surface area contributed by atoms with Gasteiger partial charge in [-0.2, -0.15) is 0 Å². The Morgan fingerprint density at radius 2 is 1.62 bits per heavy atom. The second-order valence-electron chi connectivity index (χ2n) is 6.50. The van der Waals surface area contributed by atoms with E-state index in [1.54, 1.807) is 30.4 Å². The SMILES string of the molecule is O=C1C(Br)=CC2=C(c3ccccc3C(=O)[O-])C3C=C(Br)C([O-])=C(Br)C3OC2=C1Br.O=N[O-].[Cl][Pt+2][Cl].[NH2-].[NH2-]. The number of carboxylic acids is 1. The fourth-order valence-corrected chi connectivity index (χ4v) is 6.08. The molecule has 0 fully saturated rings. The molecule has 10 nitrogen and oxygen atoms in total. The first-order valence-corrected chi connectivity index (χ1v) is 17.6. The molecule has 1 heterocycles. The van der Waals surface area contributed by atoms with Gasteiger partial charge in [0, 0.05) is 26.0 Å². The first kappa shape index (κ1) is 36.2. The van der Waals surface area contributed by atoms with Crippen molar-refractivity contribution in [3.05, 3.63) is 105 Å². The van der Waals surface area contributed by atoms with E-state index in [0.29, 0.717) is 25.7 Å². The van der Waals surface area contributed by atoms with E-state index in [9.17, 15) is 19.8 Å². The molecule has 1 aromatic rings. The van der Waals surface area contributed by atoms with Crippen molar-refractivity contribution in [2.75, 3.05) is 0 Å². The summed E-state index contributed by atoms with van der Waals surface area (Å²) in [6.07, 6.45) is 2.54. The van der Waals surface area contributed by atoms with Crippen LogP contribution >= 0.6 is 82.6 Å². The van der Waals surface area contributed by atoms with E-state index < -0.39 is 34.5 Å². The number of halogens is 6. The largest absolute Gasteiger partial charge is 0.693 e. The molecule has 1 aliphatic heterocycles. The standard InChI is InChI=1S/C20H10Br4O5.2ClH.HNO2.2H2N.Pt/c21-11-5-9-13(7-3-1-2-4-8(7)20(27)28)10-6-12(22)17(26)15(24)19(10)29-18(9)14(23)16(11)25;;;2-1-3;;;/h1-6,9,18,25H,(H,27,28);2*1H;(H,2,3);2*1H2;/q;;;;2*-1;+4/p-5. The van der Waals surface area contributed by atoms with Gasteiger partial charge in [0.15, 0.2) is 0 Å². The molecule has 1 aromatic carbocycles. The van der Waals surface area contributed by atoms with Gasteiger partial charge in [-0.25, -0.2) is 0 Å². The summed E-state index contributed by atoms with van der Waals surface area (Å²) in [5.41, 5.74) is 1.59. The number of hydrogen-bond acceptors (Lipinski definition) is 8. The maximum absolute atomic E-state index is 12.4. The summed E-state index contributed by atoms with van der Waals surface area (Å²) >= 11 is 12.7. The molecular weight excluding hydrogens is 980 g/mol. The Balaban J connectivity index is 0.00000148. The Hall–Kier alpha value is -0.832. The quantitative estimate of drug-likeness (QED) is 0.234. The van der Waals surface area contributed by atoms with E-state index >= 15 is 0 Å². The Morgan fingerprint density at radius 1 is 1.08 bits per heavy atom. The Morgan fingerprint density at radius 3 is 2.16 bits per heavy atom. The molecule has 0 aromatic heterocycles. The molecule has 0 spiro atoms. The Labute approximate surface area is 260 Å². The van der Waals surface area contributed by atoms with Gasteiger partial charge in [0.2, 0.25) is 5.78 Å². The van der Waals surface area contributed by atoms with Gasteiger partial charge < -0.3 is 42.2 Å². The van der Waals surface area contributed by atoms with Crippen molar-refractivity contribution in [3.63, 3.8) is 0 Å². The van der Waals surface area contributed by atoms with E-state index in [2.05, 4.69) is 63.7 Å². The second-order valence-corrected chi connectivity index (χ2v) is 13.1. The maximum atomic E-state index is 12.4. The second kappa shape index (κ2) is 16.3. The molecule has 3 aliphatic rings. The van der Waals surface area contributed by atoms with Gasteiger partial charge in [-0.3, -0.25) is 4.79 Å². The minimum Gasteiger partial charge on any atom is -0.693 e. The van der Waals surface area contributed by atoms with Gasteiger partial charge in [0.25, 0.3) is 0 Å². The fraction of sp³-hybridized carbons (Fsp3) is 0.100. The maximum Gasteiger partial charge on any atom is -0.693 e. The number of ether oxygens (including phenoxy) is 1. The van der Waals surface area contributed by atoms with Crippen LogP contribution in [0.15, 0.2) is 76.8 Å². The number of nitrogens with zero attached hydrogens (tertiary/aromatic N) is 1. The number of carbonyl (C=O) groups excluding carboxylic acids is 2. The zero-order valence-corrected chi connectivity index (χ0v) is 27.8. The average molecular weight is 992 g/mol. The third kappa shape index (κ3) is 7.86. The Kier molecular flexibility index (Phi) is 15.9. The number of benzene rings is 1. The van der Waals surface area contributed by atoms with E-state index in [1.165, 1.54) is 6.07 Å². The molecule has 2 aliphatic carbocycles. The average Bonchev–Trinajstić information content (AvgIpc) is 2.81. The third-order valence-electron chi connectivity index (χ3n) is 4.77. The first-order chi connectivity index (χ1) is 16.5. The summed E-state index contributed by atoms with van der Waals surface area (Å²) in [7, 11) is 9.75. The first-order valence-electron chi connectivity index (χ1n) is 8.80. The van der Waals surface area contributed by atoms with E-state index in [0.717, 1.165) is 5.34 Å². The van der Waals surface area contributed by atoms with E-state index in [1.807, 2.05) is 0 Å². The van der Waals surface area contributed by atoms with Crippen LogP contribution in [0.2, 0.25) is 0 Å². The van der Waals surface area contributed by atoms with Crippen molar-refractivity contribution in [3.8, 4) is 0 Å². The molecule has 2 atom stereocenters. The third-order valence-corrected chi connectivity index (χ3v) is 7.52. The number of allylic oxidation sites excluding steroid dienone is 4. The van der Waals surface area contributed by atoms with Crippen molar-refractivity contribution >= 4 is 99.9 Å². The number of aromatic carboxylic acids is 1. The van der Waals surface area contributed by atoms with E-state index in [-0.39, 0.29) is 44.1 Å². The summed E-state index contributed by atoms with van der Waals surface area (Å²) in [4.78, 5) is 32.2. The summed E-state index contributed by atoms with van der Waals surface area (Å²) in [5, 5.41) is 33.2. The zero-order chi connectivity index (χ0) is 26.4. The number of fused-ring (bicyclic) bond motifs is 2. The normalized spacial score (nSPS) is 19.7. The van der Waals surface area contributed by atoms with Crippen LogP contribution in [0.5, 0.6) is 0 Å². The van der Waals surface area contributed by atoms with Gasteiger partial charge in [0.05, 0.1) is 10.5 Å². The number of Topliss-reactive ketones (excluding diaryl/α,β-unsaturated/α-hetero) is 1. The minimum atomic E-state index is -1.32. The minimum absolute atomic E-state index is 0. The van der Waals surface area contributed by atoms with E-state index in [4.69, 9.17) is 33.7 Å². The van der Waals surface area contributed by atoms with Crippen molar-refractivity contribution < 1.29 is 41.0 Å². The Bertz CT molecular complexity index is 1240. The summed E-state index contributed by atoms with van der Waals surface area (Å²) < 4.78 is 7.15. The van der Waals surface area contributed by atoms with Crippen LogP contribution in [0.1, 0.15) is 15.9 Å². The number of rotatable bonds is 2. The van der Waals surface area contributed by atoms with Crippen molar-refractivity contribution in [2.45, 2.75) is 6.10 Å². The molecule has 17 heteroatoms. The number of carboxylic acid groups (broad SMARTS) is 1.